The van der Waals surface area contributed by atoms with Crippen LogP contribution in [0.3, 0.4) is 0 Å². The Morgan fingerprint density at radius 3 is 2.53 bits per heavy atom. The summed E-state index contributed by atoms with van der Waals surface area (Å²) in [5.74, 6) is 0.892. The maximum absolute atomic E-state index is 12.9. The normalized spacial score (nSPS) is 15.8. The summed E-state index contributed by atoms with van der Waals surface area (Å²) < 4.78 is 14.8. The van der Waals surface area contributed by atoms with E-state index in [1.54, 1.807) is 12.1 Å². The average Bonchev–Trinajstić information content (AvgIpc) is 2.83. The summed E-state index contributed by atoms with van der Waals surface area (Å²) in [6.07, 6.45) is 0. The van der Waals surface area contributed by atoms with Crippen LogP contribution in [0.5, 0.6) is 0 Å². The first-order valence-electron chi connectivity index (χ1n) is 6.50. The lowest BCUT2D eigenvalue weighted by Crippen LogP contribution is -2.44. The van der Waals surface area contributed by atoms with Crippen LogP contribution < -0.4 is 10.2 Å². The van der Waals surface area contributed by atoms with Crippen LogP contribution in [0.2, 0.25) is 0 Å². The van der Waals surface area contributed by atoms with E-state index >= 15 is 0 Å². The van der Waals surface area contributed by atoms with Crippen molar-refractivity contribution in [3.63, 3.8) is 0 Å². The molecule has 1 fully saturated rings. The van der Waals surface area contributed by atoms with Crippen LogP contribution in [-0.2, 0) is 7.05 Å². The minimum Gasteiger partial charge on any atom is -0.354 e. The smallest absolute Gasteiger partial charge is 0.127 e. The summed E-state index contributed by atoms with van der Waals surface area (Å²) >= 11 is 0. The number of nitrogens with one attached hydrogen (secondary N) is 1. The van der Waals surface area contributed by atoms with Crippen molar-refractivity contribution >= 4 is 5.82 Å². The van der Waals surface area contributed by atoms with Crippen LogP contribution in [-0.4, -0.2) is 36.0 Å². The number of nitrogens with zero attached hydrogens (tertiary/aromatic N) is 3. The number of aryl methyl sites for hydroxylation is 1. The van der Waals surface area contributed by atoms with Gasteiger partial charge in [0.1, 0.15) is 11.6 Å². The Kier molecular flexibility index (Phi) is 3.21. The molecule has 0 spiro atoms. The zero-order chi connectivity index (χ0) is 13.2. The second kappa shape index (κ2) is 5.01. The first-order valence-corrected chi connectivity index (χ1v) is 6.50. The fourth-order valence-corrected chi connectivity index (χ4v) is 2.41. The van der Waals surface area contributed by atoms with Crippen LogP contribution in [0.25, 0.3) is 11.3 Å². The van der Waals surface area contributed by atoms with Gasteiger partial charge in [-0.15, -0.1) is 0 Å². The van der Waals surface area contributed by atoms with Gasteiger partial charge in [0.2, 0.25) is 0 Å². The van der Waals surface area contributed by atoms with Crippen molar-refractivity contribution < 1.29 is 4.39 Å². The largest absolute Gasteiger partial charge is 0.354 e. The molecule has 1 aliphatic heterocycles. The first-order chi connectivity index (χ1) is 9.24. The molecule has 2 heterocycles. The molecule has 0 saturated carbocycles. The predicted octanol–water partition coefficient (Wildman–Crippen LogP) is 1.64. The van der Waals surface area contributed by atoms with Gasteiger partial charge in [-0.3, -0.25) is 4.68 Å². The van der Waals surface area contributed by atoms with Crippen molar-refractivity contribution in [1.82, 2.24) is 15.1 Å². The van der Waals surface area contributed by atoms with Gasteiger partial charge in [0, 0.05) is 44.9 Å². The topological polar surface area (TPSA) is 33.1 Å². The zero-order valence-electron chi connectivity index (χ0n) is 10.9. The summed E-state index contributed by atoms with van der Waals surface area (Å²) in [5, 5.41) is 7.85. The molecule has 1 saturated heterocycles. The van der Waals surface area contributed by atoms with Crippen molar-refractivity contribution in [2.24, 2.45) is 7.05 Å². The lowest BCUT2D eigenvalue weighted by atomic mass is 10.1. The standard InChI is InChI=1S/C14H17FN4/c1-18-14(19-8-6-16-7-9-19)10-13(17-18)11-2-4-12(15)5-3-11/h2-5,10,16H,6-9H2,1H3. The number of piperazine rings is 1. The highest BCUT2D eigenvalue weighted by atomic mass is 19.1. The molecule has 0 aliphatic carbocycles. The molecular formula is C14H17FN4. The number of hydrogen-bond acceptors (Lipinski definition) is 3. The van der Waals surface area contributed by atoms with Crippen molar-refractivity contribution in [1.29, 1.82) is 0 Å². The van der Waals surface area contributed by atoms with Crippen molar-refractivity contribution in [2.75, 3.05) is 31.1 Å². The van der Waals surface area contributed by atoms with Gasteiger partial charge in [-0.05, 0) is 24.3 Å². The Bertz CT molecular complexity index is 555. The number of halogens is 1. The number of hydrogen-bond donors (Lipinski definition) is 1. The van der Waals surface area contributed by atoms with Gasteiger partial charge in [0.05, 0.1) is 5.69 Å². The third kappa shape index (κ3) is 2.46. The Labute approximate surface area is 111 Å². The van der Waals surface area contributed by atoms with Gasteiger partial charge in [0.15, 0.2) is 0 Å². The molecule has 19 heavy (non-hydrogen) atoms. The van der Waals surface area contributed by atoms with Gasteiger partial charge < -0.3 is 10.2 Å². The van der Waals surface area contributed by atoms with E-state index in [4.69, 9.17) is 0 Å². The number of anilines is 1. The van der Waals surface area contributed by atoms with E-state index in [0.29, 0.717) is 0 Å². The number of benzene rings is 1. The fraction of sp³-hybridized carbons (Fsp3) is 0.357. The lowest BCUT2D eigenvalue weighted by Gasteiger charge is -2.28. The molecule has 5 heteroatoms. The highest BCUT2D eigenvalue weighted by Crippen LogP contribution is 2.24. The van der Waals surface area contributed by atoms with Gasteiger partial charge in [-0.2, -0.15) is 5.10 Å². The molecule has 0 unspecified atom stereocenters. The zero-order valence-corrected chi connectivity index (χ0v) is 10.9. The minimum absolute atomic E-state index is 0.220. The predicted molar refractivity (Wildman–Crippen MR) is 73.7 cm³/mol. The Morgan fingerprint density at radius 1 is 1.16 bits per heavy atom. The quantitative estimate of drug-likeness (QED) is 0.891. The van der Waals surface area contributed by atoms with Crippen molar-refractivity contribution in [3.8, 4) is 11.3 Å². The maximum atomic E-state index is 12.9. The van der Waals surface area contributed by atoms with Gasteiger partial charge in [-0.1, -0.05) is 0 Å². The molecule has 0 radical (unpaired) electrons. The summed E-state index contributed by atoms with van der Waals surface area (Å²) in [4.78, 5) is 2.32. The SMILES string of the molecule is Cn1nc(-c2ccc(F)cc2)cc1N1CCNCC1. The lowest BCUT2D eigenvalue weighted by molar-refractivity contribution is 0.572. The summed E-state index contributed by atoms with van der Waals surface area (Å²) in [7, 11) is 1.95. The van der Waals surface area contributed by atoms with Crippen LogP contribution in [0, 0.1) is 5.82 Å². The Morgan fingerprint density at radius 2 is 1.84 bits per heavy atom. The molecule has 2 aromatic rings. The van der Waals surface area contributed by atoms with E-state index in [0.717, 1.165) is 43.3 Å². The van der Waals surface area contributed by atoms with Crippen LogP contribution in [0.1, 0.15) is 0 Å². The molecule has 3 rings (SSSR count). The average molecular weight is 260 g/mol. The number of aromatic nitrogens is 2. The second-order valence-electron chi connectivity index (χ2n) is 4.76. The van der Waals surface area contributed by atoms with Crippen LogP contribution in [0.15, 0.2) is 30.3 Å². The molecular weight excluding hydrogens is 243 g/mol. The highest BCUT2D eigenvalue weighted by Gasteiger charge is 2.15. The Hall–Kier alpha value is -1.88. The van der Waals surface area contributed by atoms with Crippen LogP contribution >= 0.6 is 0 Å². The van der Waals surface area contributed by atoms with E-state index in [9.17, 15) is 4.39 Å². The molecule has 1 aromatic carbocycles. The fourth-order valence-electron chi connectivity index (χ4n) is 2.41. The van der Waals surface area contributed by atoms with Gasteiger partial charge in [0.25, 0.3) is 0 Å². The molecule has 100 valence electrons. The molecule has 1 N–H and O–H groups in total. The van der Waals surface area contributed by atoms with Crippen molar-refractivity contribution in [3.05, 3.63) is 36.1 Å². The van der Waals surface area contributed by atoms with Crippen LogP contribution in [0.4, 0.5) is 10.2 Å². The van der Waals surface area contributed by atoms with Gasteiger partial charge >= 0.3 is 0 Å². The third-order valence-corrected chi connectivity index (χ3v) is 3.44. The molecule has 0 atom stereocenters. The third-order valence-electron chi connectivity index (χ3n) is 3.44. The van der Waals surface area contributed by atoms with E-state index in [-0.39, 0.29) is 5.82 Å². The maximum Gasteiger partial charge on any atom is 0.127 e. The monoisotopic (exact) mass is 260 g/mol. The van der Waals surface area contributed by atoms with Gasteiger partial charge in [-0.25, -0.2) is 4.39 Å². The summed E-state index contributed by atoms with van der Waals surface area (Å²) in [6.45, 7) is 3.97. The molecule has 1 aliphatic rings. The first kappa shape index (κ1) is 12.2. The van der Waals surface area contributed by atoms with E-state index in [1.165, 1.54) is 12.1 Å². The number of rotatable bonds is 2. The highest BCUT2D eigenvalue weighted by molar-refractivity contribution is 5.63. The molecule has 0 amide bonds. The summed E-state index contributed by atoms with van der Waals surface area (Å²) in [5.41, 5.74) is 1.83. The van der Waals surface area contributed by atoms with E-state index in [1.807, 2.05) is 11.7 Å². The minimum atomic E-state index is -0.220. The second-order valence-corrected chi connectivity index (χ2v) is 4.76. The van der Waals surface area contributed by atoms with Crippen molar-refractivity contribution in [2.45, 2.75) is 0 Å². The van der Waals surface area contributed by atoms with E-state index in [2.05, 4.69) is 21.4 Å². The Balaban J connectivity index is 1.90. The molecule has 0 bridgehead atoms. The van der Waals surface area contributed by atoms with E-state index < -0.39 is 0 Å². The molecule has 4 nitrogen and oxygen atoms in total. The summed E-state index contributed by atoms with van der Waals surface area (Å²) in [6, 6.07) is 8.53. The molecule has 1 aromatic heterocycles.